The van der Waals surface area contributed by atoms with E-state index >= 15 is 0 Å². The number of H-pyrrole nitrogens is 1. The molecule has 136 valence electrons. The molecule has 11 nitrogen and oxygen atoms in total. The van der Waals surface area contributed by atoms with E-state index in [0.29, 0.717) is 36.6 Å². The molecule has 2 N–H and O–H groups in total. The summed E-state index contributed by atoms with van der Waals surface area (Å²) in [6.45, 7) is 0.843. The van der Waals surface area contributed by atoms with Gasteiger partial charge >= 0.3 is 0 Å². The van der Waals surface area contributed by atoms with Gasteiger partial charge in [-0.3, -0.25) is 19.7 Å². The van der Waals surface area contributed by atoms with Crippen LogP contribution in [0.1, 0.15) is 29.0 Å². The number of hydrogen-bond donors (Lipinski definition) is 2. The first-order valence-electron chi connectivity index (χ1n) is 8.52. The third-order valence-electron chi connectivity index (χ3n) is 5.10. The summed E-state index contributed by atoms with van der Waals surface area (Å²) in [7, 11) is 0. The molecule has 1 spiro atoms. The van der Waals surface area contributed by atoms with Gasteiger partial charge in [0.1, 0.15) is 17.4 Å². The molecule has 2 aliphatic heterocycles. The van der Waals surface area contributed by atoms with Crippen molar-refractivity contribution in [2.45, 2.75) is 18.3 Å². The molecule has 11 heteroatoms. The Morgan fingerprint density at radius 1 is 1.33 bits per heavy atom. The number of carbonyl (C=O) groups excluding carboxylic acids is 2. The summed E-state index contributed by atoms with van der Waals surface area (Å²) in [5.41, 5.74) is 0.950. The summed E-state index contributed by atoms with van der Waals surface area (Å²) in [5.74, 6) is 0.0893. The number of hydrogen-bond acceptors (Lipinski definition) is 7. The van der Waals surface area contributed by atoms with Crippen LogP contribution in [0.3, 0.4) is 0 Å². The molecule has 0 bridgehead atoms. The van der Waals surface area contributed by atoms with Crippen LogP contribution in [0.5, 0.6) is 0 Å². The van der Waals surface area contributed by atoms with Crippen molar-refractivity contribution >= 4 is 17.5 Å². The van der Waals surface area contributed by atoms with E-state index in [1.807, 2.05) is 6.07 Å². The van der Waals surface area contributed by atoms with Crippen LogP contribution < -0.4 is 5.32 Å². The first kappa shape index (κ1) is 15.6. The first-order chi connectivity index (χ1) is 13.2. The number of likely N-dealkylation sites (tertiary alicyclic amines) is 1. The van der Waals surface area contributed by atoms with Gasteiger partial charge in [0, 0.05) is 25.4 Å². The Balaban J connectivity index is 1.43. The summed E-state index contributed by atoms with van der Waals surface area (Å²) < 4.78 is 1.36. The molecule has 3 aromatic rings. The Hall–Kier alpha value is -3.63. The number of piperidine rings is 1. The van der Waals surface area contributed by atoms with Crippen molar-refractivity contribution in [2.24, 2.45) is 0 Å². The van der Waals surface area contributed by atoms with E-state index in [1.54, 1.807) is 23.2 Å². The number of anilines is 1. The summed E-state index contributed by atoms with van der Waals surface area (Å²) in [4.78, 5) is 31.8. The van der Waals surface area contributed by atoms with E-state index < -0.39 is 5.41 Å². The maximum atomic E-state index is 13.0. The third-order valence-corrected chi connectivity index (χ3v) is 5.10. The van der Waals surface area contributed by atoms with Crippen molar-refractivity contribution in [3.8, 4) is 5.82 Å². The van der Waals surface area contributed by atoms with Gasteiger partial charge in [0.15, 0.2) is 5.82 Å². The predicted molar refractivity (Wildman–Crippen MR) is 91.0 cm³/mol. The van der Waals surface area contributed by atoms with Crippen LogP contribution in [-0.4, -0.2) is 65.2 Å². The molecule has 2 amide bonds. The largest absolute Gasteiger partial charge is 0.336 e. The van der Waals surface area contributed by atoms with Gasteiger partial charge in [-0.2, -0.15) is 9.78 Å². The zero-order valence-corrected chi connectivity index (χ0v) is 14.2. The second-order valence-electron chi connectivity index (χ2n) is 6.66. The Bertz CT molecular complexity index is 1030. The average Bonchev–Trinajstić information content (AvgIpc) is 3.43. The van der Waals surface area contributed by atoms with Gasteiger partial charge in [0.2, 0.25) is 5.91 Å². The number of tetrazole rings is 1. The molecule has 3 aromatic heterocycles. The standard InChI is InChI=1S/C16H15N9O2/c26-14(11-7-12(21-20-11)25-9-18-22-23-25)24-6-2-4-16(8-24)13-10(19-15(16)27)3-1-5-17-13/h1,3,5,7,9H,2,4,6,8H2,(H,19,27)(H,20,21). The Kier molecular flexibility index (Phi) is 3.29. The molecular weight excluding hydrogens is 350 g/mol. The summed E-state index contributed by atoms with van der Waals surface area (Å²) in [6, 6.07) is 5.21. The van der Waals surface area contributed by atoms with Gasteiger partial charge in [-0.25, -0.2) is 0 Å². The van der Waals surface area contributed by atoms with Crippen LogP contribution in [0.2, 0.25) is 0 Å². The molecule has 27 heavy (non-hydrogen) atoms. The van der Waals surface area contributed by atoms with Crippen LogP contribution >= 0.6 is 0 Å². The lowest BCUT2D eigenvalue weighted by molar-refractivity contribution is -0.122. The molecule has 5 rings (SSSR count). The van der Waals surface area contributed by atoms with Crippen molar-refractivity contribution in [1.82, 2.24) is 40.3 Å². The van der Waals surface area contributed by atoms with Gasteiger partial charge in [0.05, 0.1) is 11.4 Å². The van der Waals surface area contributed by atoms with Crippen molar-refractivity contribution in [2.75, 3.05) is 18.4 Å². The zero-order chi connectivity index (χ0) is 18.4. The molecule has 0 aromatic carbocycles. The number of carbonyl (C=O) groups is 2. The maximum Gasteiger partial charge on any atom is 0.271 e. The Labute approximate surface area is 152 Å². The Morgan fingerprint density at radius 3 is 3.11 bits per heavy atom. The first-order valence-corrected chi connectivity index (χ1v) is 8.52. The van der Waals surface area contributed by atoms with Crippen LogP contribution in [0.4, 0.5) is 5.69 Å². The Morgan fingerprint density at radius 2 is 2.26 bits per heavy atom. The lowest BCUT2D eigenvalue weighted by Gasteiger charge is -2.38. The molecule has 1 unspecified atom stereocenters. The molecule has 1 fully saturated rings. The van der Waals surface area contributed by atoms with Gasteiger partial charge < -0.3 is 10.2 Å². The highest BCUT2D eigenvalue weighted by atomic mass is 16.2. The van der Waals surface area contributed by atoms with Crippen LogP contribution in [0.15, 0.2) is 30.7 Å². The van der Waals surface area contributed by atoms with Crippen molar-refractivity contribution in [3.05, 3.63) is 42.1 Å². The third kappa shape index (κ3) is 2.31. The summed E-state index contributed by atoms with van der Waals surface area (Å²) >= 11 is 0. The summed E-state index contributed by atoms with van der Waals surface area (Å²) in [6.07, 6.45) is 4.44. The number of pyridine rings is 1. The monoisotopic (exact) mass is 365 g/mol. The smallest absolute Gasteiger partial charge is 0.271 e. The van der Waals surface area contributed by atoms with Crippen LogP contribution in [-0.2, 0) is 10.2 Å². The molecule has 0 saturated carbocycles. The fourth-order valence-corrected chi connectivity index (χ4v) is 3.82. The number of fused-ring (bicyclic) bond motifs is 2. The molecule has 0 aliphatic carbocycles. The normalized spacial score (nSPS) is 21.3. The second-order valence-corrected chi connectivity index (χ2v) is 6.66. The van der Waals surface area contributed by atoms with Crippen LogP contribution in [0.25, 0.3) is 5.82 Å². The quantitative estimate of drug-likeness (QED) is 0.648. The highest BCUT2D eigenvalue weighted by Gasteiger charge is 2.51. The minimum absolute atomic E-state index is 0.104. The molecule has 5 heterocycles. The number of aromatic nitrogens is 7. The van der Waals surface area contributed by atoms with E-state index in [2.05, 4.69) is 36.0 Å². The number of nitrogens with one attached hydrogen (secondary N) is 2. The average molecular weight is 365 g/mol. The lowest BCUT2D eigenvalue weighted by Crippen LogP contribution is -2.52. The van der Waals surface area contributed by atoms with E-state index in [-0.39, 0.29) is 18.4 Å². The fourth-order valence-electron chi connectivity index (χ4n) is 3.82. The predicted octanol–water partition coefficient (Wildman–Crippen LogP) is -0.0935. The lowest BCUT2D eigenvalue weighted by atomic mass is 9.77. The minimum Gasteiger partial charge on any atom is -0.336 e. The van der Waals surface area contributed by atoms with Gasteiger partial charge in [-0.15, -0.1) is 5.10 Å². The molecule has 1 atom stereocenters. The maximum absolute atomic E-state index is 13.0. The molecule has 2 aliphatic rings. The summed E-state index contributed by atoms with van der Waals surface area (Å²) in [5, 5.41) is 20.5. The zero-order valence-electron chi connectivity index (χ0n) is 14.2. The molecular formula is C16H15N9O2. The van der Waals surface area contributed by atoms with Gasteiger partial charge in [-0.05, 0) is 35.4 Å². The number of nitrogens with zero attached hydrogens (tertiary/aromatic N) is 7. The second kappa shape index (κ2) is 5.69. The van der Waals surface area contributed by atoms with Crippen molar-refractivity contribution in [3.63, 3.8) is 0 Å². The van der Waals surface area contributed by atoms with Crippen LogP contribution in [0, 0.1) is 0 Å². The highest BCUT2D eigenvalue weighted by molar-refractivity contribution is 6.06. The van der Waals surface area contributed by atoms with Crippen molar-refractivity contribution in [1.29, 1.82) is 0 Å². The topological polar surface area (TPSA) is 135 Å². The highest BCUT2D eigenvalue weighted by Crippen LogP contribution is 2.42. The van der Waals surface area contributed by atoms with E-state index in [0.717, 1.165) is 5.69 Å². The van der Waals surface area contributed by atoms with E-state index in [1.165, 1.54) is 11.0 Å². The number of aromatic amines is 1. The SMILES string of the molecule is O=C(c1cc(-n2cnnn2)n[nH]1)N1CCCC2(C1)C(=O)Nc1cccnc12. The van der Waals surface area contributed by atoms with Crippen molar-refractivity contribution < 1.29 is 9.59 Å². The van der Waals surface area contributed by atoms with E-state index in [4.69, 9.17) is 0 Å². The fraction of sp³-hybridized carbons (Fsp3) is 0.312. The number of amides is 2. The van der Waals surface area contributed by atoms with Gasteiger partial charge in [-0.1, -0.05) is 0 Å². The van der Waals surface area contributed by atoms with Gasteiger partial charge in [0.25, 0.3) is 5.91 Å². The minimum atomic E-state index is -0.802. The number of rotatable bonds is 2. The molecule has 1 saturated heterocycles. The van der Waals surface area contributed by atoms with E-state index in [9.17, 15) is 9.59 Å². The molecule has 0 radical (unpaired) electrons.